The highest BCUT2D eigenvalue weighted by Crippen LogP contribution is 2.31. The molecule has 0 unspecified atom stereocenters. The van der Waals surface area contributed by atoms with Gasteiger partial charge in [-0.05, 0) is 19.3 Å². The van der Waals surface area contributed by atoms with Gasteiger partial charge in [-0.15, -0.1) is 0 Å². The maximum absolute atomic E-state index is 10.6. The minimum Gasteiger partial charge on any atom is -0.380 e. The van der Waals surface area contributed by atoms with E-state index in [1.54, 1.807) is 0 Å². The average Bonchev–Trinajstić information content (AvgIpc) is 1.81. The van der Waals surface area contributed by atoms with Crippen molar-refractivity contribution in [3.63, 3.8) is 0 Å². The number of carbonyl (C=O) groups excluding carboxylic acids is 1. The molecule has 0 saturated heterocycles. The maximum atomic E-state index is 10.6. The molecule has 3 nitrogen and oxygen atoms in total. The minimum atomic E-state index is -1.15. The second-order valence-corrected chi connectivity index (χ2v) is 2.50. The third-order valence-corrected chi connectivity index (χ3v) is 1.86. The Labute approximate surface area is 58.1 Å². The van der Waals surface area contributed by atoms with Crippen LogP contribution in [0.25, 0.3) is 0 Å². The zero-order valence-electron chi connectivity index (χ0n) is 4.85. The SMILES string of the molecule is O=C(NCl)C1(O)CCC1. The third-order valence-electron chi connectivity index (χ3n) is 1.69. The van der Waals surface area contributed by atoms with Crippen LogP contribution >= 0.6 is 11.8 Å². The molecule has 1 saturated carbocycles. The van der Waals surface area contributed by atoms with Crippen molar-refractivity contribution >= 4 is 17.7 Å². The van der Waals surface area contributed by atoms with Gasteiger partial charge in [0, 0.05) is 11.8 Å². The van der Waals surface area contributed by atoms with E-state index in [1.807, 2.05) is 4.84 Å². The number of hydrogen-bond donors (Lipinski definition) is 2. The summed E-state index contributed by atoms with van der Waals surface area (Å²) in [4.78, 5) is 12.5. The van der Waals surface area contributed by atoms with E-state index in [0.29, 0.717) is 12.8 Å². The molecular formula is C5H8ClNO2. The standard InChI is InChI=1S/C5H8ClNO2/c6-7-4(8)5(9)2-1-3-5/h9H,1-3H2,(H,7,8). The van der Waals surface area contributed by atoms with Crippen LogP contribution in [-0.2, 0) is 4.79 Å². The number of nitrogens with one attached hydrogen (secondary N) is 1. The molecule has 2 N–H and O–H groups in total. The van der Waals surface area contributed by atoms with Crippen LogP contribution in [0, 0.1) is 0 Å². The number of hydrogen-bond acceptors (Lipinski definition) is 2. The monoisotopic (exact) mass is 149 g/mol. The lowest BCUT2D eigenvalue weighted by atomic mass is 9.80. The summed E-state index contributed by atoms with van der Waals surface area (Å²) in [5.74, 6) is -0.476. The van der Waals surface area contributed by atoms with E-state index < -0.39 is 11.5 Å². The predicted molar refractivity (Wildman–Crippen MR) is 32.8 cm³/mol. The van der Waals surface area contributed by atoms with Crippen molar-refractivity contribution in [1.29, 1.82) is 0 Å². The lowest BCUT2D eigenvalue weighted by Crippen LogP contribution is -2.49. The van der Waals surface area contributed by atoms with Crippen LogP contribution in [0.2, 0.25) is 0 Å². The molecule has 0 atom stereocenters. The smallest absolute Gasteiger partial charge is 0.266 e. The molecule has 0 aliphatic heterocycles. The molecule has 0 heterocycles. The van der Waals surface area contributed by atoms with Gasteiger partial charge in [-0.3, -0.25) is 9.63 Å². The molecule has 0 aromatic heterocycles. The average molecular weight is 150 g/mol. The summed E-state index contributed by atoms with van der Waals surface area (Å²) in [5.41, 5.74) is -1.15. The molecule has 4 heteroatoms. The van der Waals surface area contributed by atoms with Gasteiger partial charge in [0.25, 0.3) is 5.91 Å². The van der Waals surface area contributed by atoms with Gasteiger partial charge in [-0.1, -0.05) is 0 Å². The summed E-state index contributed by atoms with van der Waals surface area (Å²) >= 11 is 4.99. The summed E-state index contributed by atoms with van der Waals surface area (Å²) in [5, 5.41) is 9.18. The molecule has 1 rings (SSSR count). The molecular weight excluding hydrogens is 142 g/mol. The van der Waals surface area contributed by atoms with Gasteiger partial charge in [0.05, 0.1) is 0 Å². The highest BCUT2D eigenvalue weighted by atomic mass is 35.5. The third kappa shape index (κ3) is 1.02. The number of aliphatic hydroxyl groups is 1. The maximum Gasteiger partial charge on any atom is 0.266 e. The fourth-order valence-electron chi connectivity index (χ4n) is 0.827. The first-order valence-electron chi connectivity index (χ1n) is 2.82. The summed E-state index contributed by atoms with van der Waals surface area (Å²) in [7, 11) is 0. The lowest BCUT2D eigenvalue weighted by molar-refractivity contribution is -0.146. The molecule has 52 valence electrons. The highest BCUT2D eigenvalue weighted by molar-refractivity contribution is 6.22. The van der Waals surface area contributed by atoms with Gasteiger partial charge in [-0.25, -0.2) is 0 Å². The van der Waals surface area contributed by atoms with Gasteiger partial charge in [0.2, 0.25) is 0 Å². The van der Waals surface area contributed by atoms with Crippen LogP contribution in [0.1, 0.15) is 19.3 Å². The van der Waals surface area contributed by atoms with Crippen molar-refractivity contribution in [2.75, 3.05) is 0 Å². The molecule has 0 spiro atoms. The topological polar surface area (TPSA) is 49.3 Å². The molecule has 1 fully saturated rings. The fraction of sp³-hybridized carbons (Fsp3) is 0.800. The first-order valence-corrected chi connectivity index (χ1v) is 3.20. The first-order chi connectivity index (χ1) is 4.19. The normalized spacial score (nSPS) is 22.4. The van der Waals surface area contributed by atoms with Crippen molar-refractivity contribution in [1.82, 2.24) is 4.84 Å². The molecule has 1 aliphatic carbocycles. The van der Waals surface area contributed by atoms with Gasteiger partial charge in [-0.2, -0.15) is 0 Å². The predicted octanol–water partition coefficient (Wildman–Crippen LogP) is 0.171. The second kappa shape index (κ2) is 2.15. The fourth-order valence-corrected chi connectivity index (χ4v) is 1.00. The van der Waals surface area contributed by atoms with Crippen molar-refractivity contribution in [3.8, 4) is 0 Å². The number of halogens is 1. The molecule has 1 aliphatic rings. The summed E-state index contributed by atoms with van der Waals surface area (Å²) in [6, 6.07) is 0. The van der Waals surface area contributed by atoms with Crippen molar-refractivity contribution < 1.29 is 9.90 Å². The Bertz CT molecular complexity index is 133. The molecule has 0 bridgehead atoms. The Morgan fingerprint density at radius 1 is 1.67 bits per heavy atom. The number of rotatable bonds is 1. The summed E-state index contributed by atoms with van der Waals surface area (Å²) in [6.45, 7) is 0. The Balaban J connectivity index is 2.49. The van der Waals surface area contributed by atoms with Crippen LogP contribution in [0.15, 0.2) is 0 Å². The van der Waals surface area contributed by atoms with Gasteiger partial charge in [0.1, 0.15) is 5.60 Å². The van der Waals surface area contributed by atoms with E-state index in [0.717, 1.165) is 6.42 Å². The van der Waals surface area contributed by atoms with E-state index in [2.05, 4.69) is 0 Å². The van der Waals surface area contributed by atoms with E-state index in [-0.39, 0.29) is 0 Å². The zero-order valence-corrected chi connectivity index (χ0v) is 5.61. The Hall–Kier alpha value is -0.280. The van der Waals surface area contributed by atoms with E-state index >= 15 is 0 Å². The number of amides is 1. The van der Waals surface area contributed by atoms with Gasteiger partial charge in [0.15, 0.2) is 0 Å². The summed E-state index contributed by atoms with van der Waals surface area (Å²) < 4.78 is 0. The van der Waals surface area contributed by atoms with E-state index in [4.69, 9.17) is 11.8 Å². The molecule has 0 aromatic rings. The van der Waals surface area contributed by atoms with E-state index in [1.165, 1.54) is 0 Å². The first kappa shape index (κ1) is 6.83. The zero-order chi connectivity index (χ0) is 6.91. The molecule has 0 aromatic carbocycles. The quantitative estimate of drug-likeness (QED) is 0.523. The van der Waals surface area contributed by atoms with Crippen molar-refractivity contribution in [3.05, 3.63) is 0 Å². The van der Waals surface area contributed by atoms with Gasteiger partial charge < -0.3 is 5.11 Å². The van der Waals surface area contributed by atoms with Crippen molar-refractivity contribution in [2.24, 2.45) is 0 Å². The van der Waals surface area contributed by atoms with Crippen LogP contribution in [0.3, 0.4) is 0 Å². The lowest BCUT2D eigenvalue weighted by Gasteiger charge is -2.33. The van der Waals surface area contributed by atoms with Crippen LogP contribution in [0.5, 0.6) is 0 Å². The highest BCUT2D eigenvalue weighted by Gasteiger charge is 2.41. The van der Waals surface area contributed by atoms with Crippen LogP contribution in [-0.4, -0.2) is 16.6 Å². The molecule has 0 radical (unpaired) electrons. The Morgan fingerprint density at radius 2 is 2.22 bits per heavy atom. The van der Waals surface area contributed by atoms with Gasteiger partial charge >= 0.3 is 0 Å². The summed E-state index contributed by atoms with van der Waals surface area (Å²) in [6.07, 6.45) is 1.97. The largest absolute Gasteiger partial charge is 0.380 e. The Morgan fingerprint density at radius 3 is 2.33 bits per heavy atom. The van der Waals surface area contributed by atoms with E-state index in [9.17, 15) is 9.90 Å². The Kier molecular flexibility index (Phi) is 1.64. The minimum absolute atomic E-state index is 0.476. The van der Waals surface area contributed by atoms with Crippen molar-refractivity contribution in [2.45, 2.75) is 24.9 Å². The van der Waals surface area contributed by atoms with Crippen LogP contribution in [0.4, 0.5) is 0 Å². The molecule has 9 heavy (non-hydrogen) atoms. The van der Waals surface area contributed by atoms with Crippen LogP contribution < -0.4 is 4.84 Å². The molecule has 1 amide bonds. The second-order valence-electron chi connectivity index (χ2n) is 2.31. The number of carbonyl (C=O) groups is 1.